The maximum Gasteiger partial charge on any atom is 0.257 e. The Hall–Kier alpha value is -3.13. The number of nitrogens with zero attached hydrogens (tertiary/aromatic N) is 3. The van der Waals surface area contributed by atoms with Gasteiger partial charge < -0.3 is 19.3 Å². The highest BCUT2D eigenvalue weighted by molar-refractivity contribution is 6.30. The van der Waals surface area contributed by atoms with E-state index in [4.69, 9.17) is 21.1 Å². The minimum Gasteiger partial charge on any atom is -0.491 e. The van der Waals surface area contributed by atoms with Gasteiger partial charge in [0.15, 0.2) is 5.76 Å². The highest BCUT2D eigenvalue weighted by Crippen LogP contribution is 2.18. The van der Waals surface area contributed by atoms with Crippen LogP contribution in [0.3, 0.4) is 0 Å². The Kier molecular flexibility index (Phi) is 10.6. The van der Waals surface area contributed by atoms with Crippen LogP contribution in [0, 0.1) is 5.82 Å². The van der Waals surface area contributed by atoms with Crippen LogP contribution in [0.15, 0.2) is 59.1 Å². The highest BCUT2D eigenvalue weighted by Gasteiger charge is 2.18. The lowest BCUT2D eigenvalue weighted by atomic mass is 10.2. The molecule has 3 rings (SSSR count). The fraction of sp³-hybridized carbons (Fsp3) is 0.375. The van der Waals surface area contributed by atoms with Crippen molar-refractivity contribution in [3.05, 3.63) is 70.5 Å². The third-order valence-corrected chi connectivity index (χ3v) is 5.17. The van der Waals surface area contributed by atoms with Crippen LogP contribution in [0.4, 0.5) is 4.39 Å². The molecule has 0 bridgehead atoms. The summed E-state index contributed by atoms with van der Waals surface area (Å²) in [7, 11) is 2.91. The Morgan fingerprint density at radius 1 is 1.21 bits per heavy atom. The number of aliphatic imine (C=N–C) groups is 1. The topological polar surface area (TPSA) is 71.4 Å². The van der Waals surface area contributed by atoms with E-state index in [0.29, 0.717) is 19.5 Å². The summed E-state index contributed by atoms with van der Waals surface area (Å²) in [6.45, 7) is 3.52. The van der Waals surface area contributed by atoms with Gasteiger partial charge in [-0.2, -0.15) is 0 Å². The number of halogens is 2. The molecule has 0 radical (unpaired) electrons. The third-order valence-electron chi connectivity index (χ3n) is 4.88. The van der Waals surface area contributed by atoms with Crippen LogP contribution in [0.5, 0.6) is 0 Å². The Morgan fingerprint density at radius 3 is 2.58 bits per heavy atom. The molecule has 0 spiro atoms. The van der Waals surface area contributed by atoms with Gasteiger partial charge in [-0.3, -0.25) is 9.59 Å². The molecule has 2 amide bonds. The molecule has 178 valence electrons. The largest absolute Gasteiger partial charge is 0.491 e. The number of benzene rings is 1. The maximum atomic E-state index is 13.3. The summed E-state index contributed by atoms with van der Waals surface area (Å²) in [5.74, 6) is -0.269. The van der Waals surface area contributed by atoms with Gasteiger partial charge in [-0.1, -0.05) is 29.8 Å². The Bertz CT molecular complexity index is 959. The summed E-state index contributed by atoms with van der Waals surface area (Å²) in [5, 5.41) is 0.0312. The summed E-state index contributed by atoms with van der Waals surface area (Å²) in [6, 6.07) is 4.42. The molecule has 33 heavy (non-hydrogen) atoms. The average molecular weight is 478 g/mol. The molecule has 2 aliphatic rings. The van der Waals surface area contributed by atoms with Gasteiger partial charge in [0, 0.05) is 31.5 Å². The zero-order valence-corrected chi connectivity index (χ0v) is 19.8. The molecule has 0 aromatic heterocycles. The van der Waals surface area contributed by atoms with Crippen molar-refractivity contribution in [1.29, 1.82) is 0 Å². The third kappa shape index (κ3) is 8.38. The van der Waals surface area contributed by atoms with Gasteiger partial charge >= 0.3 is 0 Å². The molecule has 7 nitrogen and oxygen atoms in total. The lowest BCUT2D eigenvalue weighted by Gasteiger charge is -2.22. The molecule has 0 atom stereocenters. The first-order valence-corrected chi connectivity index (χ1v) is 10.9. The van der Waals surface area contributed by atoms with E-state index >= 15 is 0 Å². The van der Waals surface area contributed by atoms with Gasteiger partial charge in [-0.15, -0.1) is 0 Å². The van der Waals surface area contributed by atoms with Gasteiger partial charge in [0.05, 0.1) is 25.3 Å². The second kappa shape index (κ2) is 13.4. The Balaban J connectivity index is 0.000000405. The van der Waals surface area contributed by atoms with E-state index in [2.05, 4.69) is 4.99 Å². The summed E-state index contributed by atoms with van der Waals surface area (Å²) in [5.41, 5.74) is 1.50. The van der Waals surface area contributed by atoms with E-state index in [0.717, 1.165) is 37.1 Å². The Labute approximate surface area is 198 Å². The number of ether oxygens (including phenoxy) is 2. The number of amides is 2. The van der Waals surface area contributed by atoms with E-state index in [9.17, 15) is 14.0 Å². The molecule has 9 heteroatoms. The number of carbonyl (C=O) groups excluding carboxylic acids is 2. The first-order valence-electron chi connectivity index (χ1n) is 10.5. The molecule has 2 heterocycles. The molecule has 1 aromatic carbocycles. The van der Waals surface area contributed by atoms with Gasteiger partial charge in [0.25, 0.3) is 11.8 Å². The second-order valence-electron chi connectivity index (χ2n) is 7.35. The quantitative estimate of drug-likeness (QED) is 0.601. The van der Waals surface area contributed by atoms with Crippen molar-refractivity contribution in [2.24, 2.45) is 4.99 Å². The van der Waals surface area contributed by atoms with Gasteiger partial charge in [0.1, 0.15) is 5.82 Å². The molecule has 2 aliphatic heterocycles. The van der Waals surface area contributed by atoms with Crippen LogP contribution in [-0.2, 0) is 25.6 Å². The molecule has 0 fully saturated rings. The number of hydrogen-bond acceptors (Lipinski definition) is 5. The smallest absolute Gasteiger partial charge is 0.257 e. The molecular formula is C24H29ClFN3O4. The summed E-state index contributed by atoms with van der Waals surface area (Å²) < 4.78 is 23.8. The highest BCUT2D eigenvalue weighted by atomic mass is 35.5. The van der Waals surface area contributed by atoms with Crippen molar-refractivity contribution < 1.29 is 23.5 Å². The monoisotopic (exact) mass is 477 g/mol. The molecule has 0 saturated carbocycles. The molecule has 0 unspecified atom stereocenters. The minimum absolute atomic E-state index is 0.0312. The van der Waals surface area contributed by atoms with Crippen molar-refractivity contribution in [2.75, 3.05) is 27.3 Å². The van der Waals surface area contributed by atoms with Crippen molar-refractivity contribution in [3.8, 4) is 0 Å². The molecular weight excluding hydrogens is 449 g/mol. The molecule has 0 aliphatic carbocycles. The summed E-state index contributed by atoms with van der Waals surface area (Å²) in [4.78, 5) is 30.3. The first kappa shape index (κ1) is 26.1. The number of rotatable bonds is 4. The average Bonchev–Trinajstić information content (AvgIpc) is 2.83. The first-order chi connectivity index (χ1) is 15.9. The number of hydrogen-bond donors (Lipinski definition) is 0. The van der Waals surface area contributed by atoms with Crippen LogP contribution in [0.2, 0.25) is 5.02 Å². The van der Waals surface area contributed by atoms with E-state index < -0.39 is 5.82 Å². The Morgan fingerprint density at radius 2 is 2.00 bits per heavy atom. The number of carbonyl (C=O) groups is 2. The van der Waals surface area contributed by atoms with Crippen molar-refractivity contribution in [1.82, 2.24) is 9.80 Å². The predicted molar refractivity (Wildman–Crippen MR) is 126 cm³/mol. The predicted octanol–water partition coefficient (Wildman–Crippen LogP) is 4.44. The van der Waals surface area contributed by atoms with Crippen molar-refractivity contribution >= 4 is 29.8 Å². The lowest BCUT2D eigenvalue weighted by molar-refractivity contribution is -0.126. The van der Waals surface area contributed by atoms with E-state index in [-0.39, 0.29) is 22.6 Å². The standard InChI is InChI=1S/C18H20ClFN2O3.C6H9NO/c1-12-5-4-8-22(11-13-6-7-15(20)14(19)9-13)17(23)10-16(24-2)18(21-12)25-3;8-6-7-4-2-1-3-5-7/h5-7,9-10H,4,8,11H2,1-3H3;2,4,6H,1,3,5H2/b12-5+,16-10-,21-18+;. The summed E-state index contributed by atoms with van der Waals surface area (Å²) >= 11 is 5.82. The molecule has 1 aromatic rings. The van der Waals surface area contributed by atoms with E-state index in [1.807, 2.05) is 25.3 Å². The maximum absolute atomic E-state index is 13.3. The van der Waals surface area contributed by atoms with Crippen LogP contribution >= 0.6 is 11.6 Å². The van der Waals surface area contributed by atoms with Crippen LogP contribution in [-0.4, -0.2) is 55.3 Å². The lowest BCUT2D eigenvalue weighted by Crippen LogP contribution is -2.31. The molecule has 0 N–H and O–H groups in total. The van der Waals surface area contributed by atoms with Crippen LogP contribution < -0.4 is 0 Å². The van der Waals surface area contributed by atoms with E-state index in [1.54, 1.807) is 15.9 Å². The number of allylic oxidation sites excluding steroid dienone is 2. The van der Waals surface area contributed by atoms with Crippen molar-refractivity contribution in [2.45, 2.75) is 32.7 Å². The minimum atomic E-state index is -0.487. The fourth-order valence-corrected chi connectivity index (χ4v) is 3.34. The fourth-order valence-electron chi connectivity index (χ4n) is 3.14. The van der Waals surface area contributed by atoms with Gasteiger partial charge in [-0.25, -0.2) is 9.38 Å². The zero-order valence-electron chi connectivity index (χ0n) is 19.1. The van der Waals surface area contributed by atoms with E-state index in [1.165, 1.54) is 32.4 Å². The second-order valence-corrected chi connectivity index (χ2v) is 7.75. The van der Waals surface area contributed by atoms with Crippen LogP contribution in [0.1, 0.15) is 31.7 Å². The number of methoxy groups -OCH3 is 2. The van der Waals surface area contributed by atoms with Gasteiger partial charge in [-0.05, 0) is 43.9 Å². The zero-order chi connectivity index (χ0) is 24.2. The normalized spacial score (nSPS) is 21.4. The van der Waals surface area contributed by atoms with Crippen molar-refractivity contribution in [3.63, 3.8) is 0 Å². The summed E-state index contributed by atoms with van der Waals surface area (Å²) in [6.07, 6.45) is 10.8. The van der Waals surface area contributed by atoms with Crippen LogP contribution in [0.25, 0.3) is 0 Å². The van der Waals surface area contributed by atoms with Gasteiger partial charge in [0.2, 0.25) is 6.41 Å². The molecule has 0 saturated heterocycles. The SMILES string of the molecule is COC1=C\C(=O)N(Cc2ccc(F)c(Cl)c2)CC/C=C(C)/N=C\1OC.O=CN1C=CCCC1.